The van der Waals surface area contributed by atoms with Gasteiger partial charge in [-0.1, -0.05) is 18.2 Å². The van der Waals surface area contributed by atoms with E-state index in [4.69, 9.17) is 14.2 Å². The predicted molar refractivity (Wildman–Crippen MR) is 90.2 cm³/mol. The molecule has 0 unspecified atom stereocenters. The van der Waals surface area contributed by atoms with Crippen molar-refractivity contribution >= 4 is 17.7 Å². The van der Waals surface area contributed by atoms with Gasteiger partial charge in [0.05, 0.1) is 24.1 Å². The maximum Gasteiger partial charge on any atom is 0.255 e. The number of anilines is 1. The predicted octanol–water partition coefficient (Wildman–Crippen LogP) is 2.52. The molecule has 0 atom stereocenters. The number of methoxy groups -OCH3 is 1. The summed E-state index contributed by atoms with van der Waals surface area (Å²) in [5.74, 6) is 1.06. The van der Waals surface area contributed by atoms with E-state index in [0.29, 0.717) is 30.4 Å². The highest BCUT2D eigenvalue weighted by molar-refractivity contribution is 6.07. The molecule has 2 aromatic rings. The average molecular weight is 326 g/mol. The van der Waals surface area contributed by atoms with Gasteiger partial charge in [-0.05, 0) is 18.2 Å². The summed E-state index contributed by atoms with van der Waals surface area (Å²) >= 11 is 0. The maximum absolute atomic E-state index is 12.3. The molecule has 1 aliphatic rings. The van der Waals surface area contributed by atoms with Gasteiger partial charge >= 0.3 is 0 Å². The summed E-state index contributed by atoms with van der Waals surface area (Å²) in [7, 11) is 1.61. The standard InChI is InChI=1S/C18H18N2O4/c1-22-8-9-23-17-7-6-15(11-19-17)20-18(21)14-10-13-4-2-3-5-16(13)24-12-14/h2-7,10-11H,8-9,12H2,1H3,(H,20,21). The largest absolute Gasteiger partial charge is 0.488 e. The first-order valence-corrected chi connectivity index (χ1v) is 7.58. The molecular weight excluding hydrogens is 308 g/mol. The Kier molecular flexibility index (Phi) is 5.08. The minimum absolute atomic E-state index is 0.209. The zero-order valence-corrected chi connectivity index (χ0v) is 13.3. The molecule has 6 heteroatoms. The second kappa shape index (κ2) is 7.61. The highest BCUT2D eigenvalue weighted by atomic mass is 16.5. The van der Waals surface area contributed by atoms with Crippen molar-refractivity contribution in [3.8, 4) is 11.6 Å². The Morgan fingerprint density at radius 2 is 2.12 bits per heavy atom. The van der Waals surface area contributed by atoms with E-state index in [2.05, 4.69) is 10.3 Å². The molecule has 1 aliphatic heterocycles. The second-order valence-electron chi connectivity index (χ2n) is 5.18. The van der Waals surface area contributed by atoms with Crippen molar-refractivity contribution in [3.05, 3.63) is 53.7 Å². The van der Waals surface area contributed by atoms with E-state index in [-0.39, 0.29) is 12.5 Å². The fourth-order valence-electron chi connectivity index (χ4n) is 2.23. The number of nitrogens with zero attached hydrogens (tertiary/aromatic N) is 1. The van der Waals surface area contributed by atoms with Gasteiger partial charge < -0.3 is 19.5 Å². The summed E-state index contributed by atoms with van der Waals surface area (Å²) in [6.45, 7) is 1.17. The number of hydrogen-bond acceptors (Lipinski definition) is 5. The molecule has 24 heavy (non-hydrogen) atoms. The topological polar surface area (TPSA) is 69.7 Å². The van der Waals surface area contributed by atoms with Gasteiger partial charge in [-0.15, -0.1) is 0 Å². The van der Waals surface area contributed by atoms with Crippen molar-refractivity contribution in [2.24, 2.45) is 0 Å². The van der Waals surface area contributed by atoms with E-state index >= 15 is 0 Å². The molecule has 0 fully saturated rings. The van der Waals surface area contributed by atoms with Crippen molar-refractivity contribution in [1.82, 2.24) is 4.98 Å². The molecule has 2 heterocycles. The normalized spacial score (nSPS) is 12.6. The number of hydrogen-bond donors (Lipinski definition) is 1. The third kappa shape index (κ3) is 3.91. The first kappa shape index (κ1) is 16.0. The Balaban J connectivity index is 1.62. The second-order valence-corrected chi connectivity index (χ2v) is 5.18. The van der Waals surface area contributed by atoms with Gasteiger partial charge in [0, 0.05) is 18.7 Å². The monoisotopic (exact) mass is 326 g/mol. The van der Waals surface area contributed by atoms with Crippen molar-refractivity contribution < 1.29 is 19.0 Å². The zero-order valence-electron chi connectivity index (χ0n) is 13.3. The highest BCUT2D eigenvalue weighted by Crippen LogP contribution is 2.26. The number of pyridine rings is 1. The van der Waals surface area contributed by atoms with Gasteiger partial charge in [-0.3, -0.25) is 4.79 Å². The van der Waals surface area contributed by atoms with Crippen LogP contribution in [0.15, 0.2) is 48.2 Å². The summed E-state index contributed by atoms with van der Waals surface area (Å²) in [5, 5.41) is 2.81. The third-order valence-corrected chi connectivity index (χ3v) is 3.46. The molecular formula is C18H18N2O4. The lowest BCUT2D eigenvalue weighted by Gasteiger charge is -2.17. The molecule has 6 nitrogen and oxygen atoms in total. The van der Waals surface area contributed by atoms with Crippen molar-refractivity contribution in [2.45, 2.75) is 0 Å². The molecule has 0 aliphatic carbocycles. The van der Waals surface area contributed by atoms with Gasteiger partial charge in [-0.25, -0.2) is 4.98 Å². The van der Waals surface area contributed by atoms with Crippen LogP contribution >= 0.6 is 0 Å². The molecule has 0 bridgehead atoms. The van der Waals surface area contributed by atoms with Crippen LogP contribution in [0.5, 0.6) is 11.6 Å². The lowest BCUT2D eigenvalue weighted by Crippen LogP contribution is -2.21. The van der Waals surface area contributed by atoms with Gasteiger partial charge in [0.1, 0.15) is 19.0 Å². The van der Waals surface area contributed by atoms with E-state index < -0.39 is 0 Å². The number of aromatic nitrogens is 1. The van der Waals surface area contributed by atoms with Crippen LogP contribution in [0.1, 0.15) is 5.56 Å². The Hall–Kier alpha value is -2.86. The molecule has 124 valence electrons. The highest BCUT2D eigenvalue weighted by Gasteiger charge is 2.17. The Morgan fingerprint density at radius 1 is 1.25 bits per heavy atom. The molecule has 0 saturated carbocycles. The Bertz CT molecular complexity index is 741. The van der Waals surface area contributed by atoms with Crippen LogP contribution in [0.4, 0.5) is 5.69 Å². The zero-order chi connectivity index (χ0) is 16.8. The summed E-state index contributed by atoms with van der Waals surface area (Å²) in [6.07, 6.45) is 3.39. The number of carbonyl (C=O) groups excluding carboxylic acids is 1. The van der Waals surface area contributed by atoms with E-state index in [0.717, 1.165) is 11.3 Å². The molecule has 1 amide bonds. The lowest BCUT2D eigenvalue weighted by molar-refractivity contribution is -0.113. The molecule has 3 rings (SSSR count). The summed E-state index contributed by atoms with van der Waals surface area (Å²) < 4.78 is 15.9. The van der Waals surface area contributed by atoms with Crippen LogP contribution in [0.2, 0.25) is 0 Å². The van der Waals surface area contributed by atoms with Crippen LogP contribution in [0.25, 0.3) is 6.08 Å². The third-order valence-electron chi connectivity index (χ3n) is 3.46. The minimum atomic E-state index is -0.209. The fraction of sp³-hybridized carbons (Fsp3) is 0.222. The summed E-state index contributed by atoms with van der Waals surface area (Å²) in [5.41, 5.74) is 2.06. The molecule has 1 aromatic carbocycles. The van der Waals surface area contributed by atoms with Gasteiger partial charge in [0.2, 0.25) is 5.88 Å². The number of nitrogens with one attached hydrogen (secondary N) is 1. The maximum atomic E-state index is 12.3. The number of rotatable bonds is 6. The SMILES string of the molecule is COCCOc1ccc(NC(=O)C2=Cc3ccccc3OC2)cn1. The first-order valence-electron chi connectivity index (χ1n) is 7.58. The number of fused-ring (bicyclic) bond motifs is 1. The number of para-hydroxylation sites is 1. The smallest absolute Gasteiger partial charge is 0.255 e. The van der Waals surface area contributed by atoms with Crippen LogP contribution in [0.3, 0.4) is 0 Å². The van der Waals surface area contributed by atoms with Crippen molar-refractivity contribution in [3.63, 3.8) is 0 Å². The summed E-state index contributed by atoms with van der Waals surface area (Å²) in [6, 6.07) is 11.0. The molecule has 0 spiro atoms. The van der Waals surface area contributed by atoms with E-state index in [1.54, 1.807) is 25.4 Å². The quantitative estimate of drug-likeness (QED) is 0.826. The number of ether oxygens (including phenoxy) is 3. The van der Waals surface area contributed by atoms with Gasteiger partial charge in [-0.2, -0.15) is 0 Å². The lowest BCUT2D eigenvalue weighted by atomic mass is 10.1. The summed E-state index contributed by atoms with van der Waals surface area (Å²) in [4.78, 5) is 16.5. The minimum Gasteiger partial charge on any atom is -0.488 e. The number of amides is 1. The molecule has 1 aromatic heterocycles. The Morgan fingerprint density at radius 3 is 2.92 bits per heavy atom. The Labute approximate surface area is 140 Å². The van der Waals surface area contributed by atoms with Gasteiger partial charge in [0.15, 0.2) is 0 Å². The van der Waals surface area contributed by atoms with E-state index in [1.807, 2.05) is 30.3 Å². The van der Waals surface area contributed by atoms with E-state index in [9.17, 15) is 4.79 Å². The number of benzene rings is 1. The molecule has 0 saturated heterocycles. The number of carbonyl (C=O) groups is 1. The average Bonchev–Trinajstić information content (AvgIpc) is 2.63. The molecule has 0 radical (unpaired) electrons. The first-order chi connectivity index (χ1) is 11.8. The van der Waals surface area contributed by atoms with Crippen LogP contribution < -0.4 is 14.8 Å². The van der Waals surface area contributed by atoms with Crippen molar-refractivity contribution in [2.75, 3.05) is 32.2 Å². The van der Waals surface area contributed by atoms with Crippen LogP contribution in [-0.4, -0.2) is 37.8 Å². The van der Waals surface area contributed by atoms with Crippen LogP contribution in [0, 0.1) is 0 Å². The fourth-order valence-corrected chi connectivity index (χ4v) is 2.23. The van der Waals surface area contributed by atoms with Crippen molar-refractivity contribution in [1.29, 1.82) is 0 Å². The molecule has 1 N–H and O–H groups in total. The van der Waals surface area contributed by atoms with E-state index in [1.165, 1.54) is 0 Å². The van der Waals surface area contributed by atoms with Crippen LogP contribution in [-0.2, 0) is 9.53 Å². The van der Waals surface area contributed by atoms with Gasteiger partial charge in [0.25, 0.3) is 5.91 Å².